The standard InChI is InChI=1S/C24H35N5O3/c1-17-20-6-7-22(31)29(15-18-4-5-18)24(20)26-23(25-17)19-3-2-9-28(16-19)21(30)8-10-27-11-13-32-14-12-27/h18-19H,2-16H2,1H3/t19-/m1/s1. The second-order valence-corrected chi connectivity index (χ2v) is 9.80. The smallest absolute Gasteiger partial charge is 0.228 e. The highest BCUT2D eigenvalue weighted by Crippen LogP contribution is 2.36. The van der Waals surface area contributed by atoms with Crippen LogP contribution in [0.15, 0.2) is 0 Å². The summed E-state index contributed by atoms with van der Waals surface area (Å²) in [5.74, 6) is 2.82. The zero-order valence-corrected chi connectivity index (χ0v) is 19.2. The molecule has 174 valence electrons. The number of hydrogen-bond acceptors (Lipinski definition) is 6. The third-order valence-electron chi connectivity index (χ3n) is 7.38. The number of likely N-dealkylation sites (tertiary alicyclic amines) is 1. The first-order valence-corrected chi connectivity index (χ1v) is 12.3. The van der Waals surface area contributed by atoms with Gasteiger partial charge in [0.25, 0.3) is 0 Å². The maximum Gasteiger partial charge on any atom is 0.228 e. The average molecular weight is 442 g/mol. The Bertz CT molecular complexity index is 865. The van der Waals surface area contributed by atoms with Crippen molar-refractivity contribution >= 4 is 17.6 Å². The molecule has 1 saturated carbocycles. The van der Waals surface area contributed by atoms with Gasteiger partial charge >= 0.3 is 0 Å². The Hall–Kier alpha value is -2.06. The number of rotatable bonds is 6. The van der Waals surface area contributed by atoms with E-state index in [1.165, 1.54) is 12.8 Å². The van der Waals surface area contributed by atoms with Crippen molar-refractivity contribution in [3.8, 4) is 0 Å². The molecule has 32 heavy (non-hydrogen) atoms. The highest BCUT2D eigenvalue weighted by atomic mass is 16.5. The van der Waals surface area contributed by atoms with Crippen LogP contribution in [-0.2, 0) is 20.7 Å². The number of aryl methyl sites for hydroxylation is 1. The number of carbonyl (C=O) groups is 2. The van der Waals surface area contributed by atoms with E-state index in [0.717, 1.165) is 88.1 Å². The predicted molar refractivity (Wildman–Crippen MR) is 121 cm³/mol. The molecule has 0 radical (unpaired) electrons. The van der Waals surface area contributed by atoms with Crippen LogP contribution >= 0.6 is 0 Å². The number of fused-ring (bicyclic) bond motifs is 1. The lowest BCUT2D eigenvalue weighted by molar-refractivity contribution is -0.133. The Morgan fingerprint density at radius 3 is 2.69 bits per heavy atom. The number of carbonyl (C=O) groups excluding carboxylic acids is 2. The van der Waals surface area contributed by atoms with Gasteiger partial charge < -0.3 is 9.64 Å². The van der Waals surface area contributed by atoms with Crippen molar-refractivity contribution in [2.75, 3.05) is 57.4 Å². The molecule has 1 aliphatic carbocycles. The maximum atomic E-state index is 12.9. The highest BCUT2D eigenvalue weighted by Gasteiger charge is 2.34. The lowest BCUT2D eigenvalue weighted by Gasteiger charge is -2.34. The summed E-state index contributed by atoms with van der Waals surface area (Å²) in [5.41, 5.74) is 2.12. The van der Waals surface area contributed by atoms with Gasteiger partial charge in [0.05, 0.1) is 13.2 Å². The molecule has 4 heterocycles. The van der Waals surface area contributed by atoms with Gasteiger partial charge in [0.1, 0.15) is 11.6 Å². The van der Waals surface area contributed by atoms with E-state index in [9.17, 15) is 9.59 Å². The Kier molecular flexibility index (Phi) is 6.42. The molecule has 3 fully saturated rings. The Labute approximate surface area is 190 Å². The van der Waals surface area contributed by atoms with Crippen molar-refractivity contribution in [1.82, 2.24) is 19.8 Å². The van der Waals surface area contributed by atoms with E-state index in [2.05, 4.69) is 4.90 Å². The van der Waals surface area contributed by atoms with Crippen molar-refractivity contribution in [1.29, 1.82) is 0 Å². The molecular formula is C24H35N5O3. The number of hydrogen-bond donors (Lipinski definition) is 0. The fourth-order valence-corrected chi connectivity index (χ4v) is 5.18. The Morgan fingerprint density at radius 2 is 1.91 bits per heavy atom. The summed E-state index contributed by atoms with van der Waals surface area (Å²) >= 11 is 0. The molecular weight excluding hydrogens is 406 g/mol. The first-order valence-electron chi connectivity index (χ1n) is 12.3. The van der Waals surface area contributed by atoms with Crippen LogP contribution in [0.2, 0.25) is 0 Å². The van der Waals surface area contributed by atoms with E-state index in [0.29, 0.717) is 25.3 Å². The highest BCUT2D eigenvalue weighted by molar-refractivity contribution is 5.95. The molecule has 2 amide bonds. The molecule has 4 aliphatic rings. The zero-order chi connectivity index (χ0) is 22.1. The molecule has 0 spiro atoms. The minimum Gasteiger partial charge on any atom is -0.379 e. The Balaban J connectivity index is 1.27. The monoisotopic (exact) mass is 441 g/mol. The molecule has 2 saturated heterocycles. The first kappa shape index (κ1) is 21.8. The molecule has 1 aromatic rings. The fraction of sp³-hybridized carbons (Fsp3) is 0.750. The second kappa shape index (κ2) is 9.43. The van der Waals surface area contributed by atoms with Crippen LogP contribution in [0.3, 0.4) is 0 Å². The SMILES string of the molecule is Cc1nc([C@@H]2CCCN(C(=O)CCN3CCOCC3)C2)nc2c1CCC(=O)N2CC1CC1. The van der Waals surface area contributed by atoms with E-state index in [1.54, 1.807) is 0 Å². The van der Waals surface area contributed by atoms with Crippen LogP contribution in [-0.4, -0.2) is 84.1 Å². The summed E-state index contributed by atoms with van der Waals surface area (Å²) < 4.78 is 5.40. The maximum absolute atomic E-state index is 12.9. The van der Waals surface area contributed by atoms with Crippen molar-refractivity contribution in [2.24, 2.45) is 5.92 Å². The molecule has 8 heteroatoms. The van der Waals surface area contributed by atoms with Gasteiger partial charge in [0, 0.05) is 69.3 Å². The quantitative estimate of drug-likeness (QED) is 0.671. The minimum atomic E-state index is 0.139. The lowest BCUT2D eigenvalue weighted by atomic mass is 9.95. The molecule has 0 aromatic carbocycles. The summed E-state index contributed by atoms with van der Waals surface area (Å²) in [4.78, 5) is 41.6. The van der Waals surface area contributed by atoms with Gasteiger partial charge in [-0.15, -0.1) is 0 Å². The van der Waals surface area contributed by atoms with Gasteiger partial charge in [0.2, 0.25) is 11.8 Å². The third kappa shape index (κ3) is 4.81. The van der Waals surface area contributed by atoms with Gasteiger partial charge in [-0.2, -0.15) is 0 Å². The van der Waals surface area contributed by atoms with Crippen LogP contribution in [0.25, 0.3) is 0 Å². The Morgan fingerprint density at radius 1 is 1.09 bits per heavy atom. The molecule has 3 aliphatic heterocycles. The summed E-state index contributed by atoms with van der Waals surface area (Å²) in [7, 11) is 0. The van der Waals surface area contributed by atoms with Crippen molar-refractivity contribution in [3.05, 3.63) is 17.1 Å². The summed E-state index contributed by atoms with van der Waals surface area (Å²) in [6, 6.07) is 0. The van der Waals surface area contributed by atoms with E-state index in [4.69, 9.17) is 14.7 Å². The molecule has 0 N–H and O–H groups in total. The summed E-state index contributed by atoms with van der Waals surface area (Å²) in [6.07, 6.45) is 6.22. The van der Waals surface area contributed by atoms with Crippen LogP contribution in [0.4, 0.5) is 5.82 Å². The number of piperidine rings is 1. The summed E-state index contributed by atoms with van der Waals surface area (Å²) in [6.45, 7) is 8.47. The van der Waals surface area contributed by atoms with Crippen molar-refractivity contribution in [2.45, 2.75) is 57.8 Å². The van der Waals surface area contributed by atoms with Crippen molar-refractivity contribution < 1.29 is 14.3 Å². The number of aromatic nitrogens is 2. The molecule has 1 aromatic heterocycles. The first-order chi connectivity index (χ1) is 15.6. The van der Waals surface area contributed by atoms with Crippen LogP contribution in [0.1, 0.15) is 61.5 Å². The second-order valence-electron chi connectivity index (χ2n) is 9.80. The largest absolute Gasteiger partial charge is 0.379 e. The molecule has 1 atom stereocenters. The van der Waals surface area contributed by atoms with Crippen LogP contribution in [0.5, 0.6) is 0 Å². The molecule has 8 nitrogen and oxygen atoms in total. The number of nitrogens with zero attached hydrogens (tertiary/aromatic N) is 5. The number of ether oxygens (including phenoxy) is 1. The predicted octanol–water partition coefficient (Wildman–Crippen LogP) is 1.90. The van der Waals surface area contributed by atoms with Gasteiger partial charge in [-0.1, -0.05) is 0 Å². The fourth-order valence-electron chi connectivity index (χ4n) is 5.18. The number of morpholine rings is 1. The van der Waals surface area contributed by atoms with Crippen LogP contribution < -0.4 is 4.90 Å². The van der Waals surface area contributed by atoms with Crippen molar-refractivity contribution in [3.63, 3.8) is 0 Å². The summed E-state index contributed by atoms with van der Waals surface area (Å²) in [5, 5.41) is 0. The van der Waals surface area contributed by atoms with E-state index in [-0.39, 0.29) is 17.7 Å². The zero-order valence-electron chi connectivity index (χ0n) is 19.2. The number of anilines is 1. The number of amides is 2. The topological polar surface area (TPSA) is 78.9 Å². The molecule has 0 bridgehead atoms. The van der Waals surface area contributed by atoms with E-state index in [1.807, 2.05) is 16.7 Å². The van der Waals surface area contributed by atoms with Gasteiger partial charge in [0.15, 0.2) is 0 Å². The molecule has 5 rings (SSSR count). The van der Waals surface area contributed by atoms with Gasteiger partial charge in [-0.25, -0.2) is 9.97 Å². The van der Waals surface area contributed by atoms with E-state index < -0.39 is 0 Å². The average Bonchev–Trinajstić information content (AvgIpc) is 3.64. The van der Waals surface area contributed by atoms with Crippen LogP contribution in [0, 0.1) is 12.8 Å². The minimum absolute atomic E-state index is 0.139. The van der Waals surface area contributed by atoms with Gasteiger partial charge in [-0.05, 0) is 44.9 Å². The normalized spacial score (nSPS) is 24.5. The van der Waals surface area contributed by atoms with Gasteiger partial charge in [-0.3, -0.25) is 19.4 Å². The lowest BCUT2D eigenvalue weighted by Crippen LogP contribution is -2.43. The third-order valence-corrected chi connectivity index (χ3v) is 7.38. The van der Waals surface area contributed by atoms with E-state index >= 15 is 0 Å². The molecule has 0 unspecified atom stereocenters.